The lowest BCUT2D eigenvalue weighted by Gasteiger charge is -2.06. The van der Waals surface area contributed by atoms with Gasteiger partial charge in [0.15, 0.2) is 6.29 Å². The van der Waals surface area contributed by atoms with Gasteiger partial charge in [0, 0.05) is 12.0 Å². The Kier molecular flexibility index (Phi) is 3.03. The van der Waals surface area contributed by atoms with E-state index in [1.807, 2.05) is 24.3 Å². The monoisotopic (exact) mass is 272 g/mol. The highest BCUT2D eigenvalue weighted by atomic mass is 35.5. The third kappa shape index (κ3) is 2.24. The van der Waals surface area contributed by atoms with Crippen LogP contribution in [0.4, 0.5) is 0 Å². The van der Waals surface area contributed by atoms with Crippen molar-refractivity contribution in [3.8, 4) is 16.9 Å². The summed E-state index contributed by atoms with van der Waals surface area (Å²) in [7, 11) is 0. The van der Waals surface area contributed by atoms with Crippen LogP contribution in [0.1, 0.15) is 22.8 Å². The Morgan fingerprint density at radius 1 is 1.21 bits per heavy atom. The summed E-state index contributed by atoms with van der Waals surface area (Å²) >= 11 is 5.95. The van der Waals surface area contributed by atoms with E-state index in [1.165, 1.54) is 5.56 Å². The number of hydrogen-bond acceptors (Lipinski definition) is 2. The lowest BCUT2D eigenvalue weighted by atomic mass is 10.00. The first-order valence-electron chi connectivity index (χ1n) is 6.22. The van der Waals surface area contributed by atoms with Gasteiger partial charge in [0.2, 0.25) is 0 Å². The molecule has 0 saturated heterocycles. The number of carbonyl (C=O) groups excluding carboxylic acids is 1. The number of rotatable bonds is 2. The van der Waals surface area contributed by atoms with Crippen molar-refractivity contribution in [3.63, 3.8) is 0 Å². The van der Waals surface area contributed by atoms with Crippen molar-refractivity contribution in [2.45, 2.75) is 19.4 Å². The van der Waals surface area contributed by atoms with Crippen LogP contribution in [-0.4, -0.2) is 12.4 Å². The minimum Gasteiger partial charge on any atom is -0.490 e. The van der Waals surface area contributed by atoms with Gasteiger partial charge in [-0.2, -0.15) is 0 Å². The first kappa shape index (κ1) is 12.2. The fourth-order valence-electron chi connectivity index (χ4n) is 2.42. The van der Waals surface area contributed by atoms with E-state index in [9.17, 15) is 4.79 Å². The van der Waals surface area contributed by atoms with E-state index in [0.29, 0.717) is 10.6 Å². The number of hydrogen-bond donors (Lipinski definition) is 0. The zero-order chi connectivity index (χ0) is 13.4. The lowest BCUT2D eigenvalue weighted by molar-refractivity contribution is 0.112. The molecule has 1 heterocycles. The molecule has 0 N–H and O–H groups in total. The molecule has 2 nitrogen and oxygen atoms in total. The van der Waals surface area contributed by atoms with Gasteiger partial charge < -0.3 is 4.74 Å². The molecule has 0 aromatic heterocycles. The molecule has 0 amide bonds. The summed E-state index contributed by atoms with van der Waals surface area (Å²) in [5, 5.41) is 0.483. The first-order valence-corrected chi connectivity index (χ1v) is 6.60. The maximum Gasteiger partial charge on any atom is 0.151 e. The Balaban J connectivity index is 2.04. The second-order valence-electron chi connectivity index (χ2n) is 4.81. The minimum absolute atomic E-state index is 0.237. The minimum atomic E-state index is 0.237. The summed E-state index contributed by atoms with van der Waals surface area (Å²) in [6.45, 7) is 2.06. The Morgan fingerprint density at radius 3 is 2.74 bits per heavy atom. The summed E-state index contributed by atoms with van der Waals surface area (Å²) in [5.74, 6) is 0.959. The van der Waals surface area contributed by atoms with Crippen molar-refractivity contribution in [2.75, 3.05) is 0 Å². The van der Waals surface area contributed by atoms with Crippen LogP contribution in [0, 0.1) is 0 Å². The summed E-state index contributed by atoms with van der Waals surface area (Å²) in [4.78, 5) is 10.9. The van der Waals surface area contributed by atoms with Crippen LogP contribution in [0.3, 0.4) is 0 Å². The zero-order valence-electron chi connectivity index (χ0n) is 10.5. The number of halogens is 1. The summed E-state index contributed by atoms with van der Waals surface area (Å²) in [6, 6.07) is 11.6. The van der Waals surface area contributed by atoms with E-state index in [4.69, 9.17) is 16.3 Å². The topological polar surface area (TPSA) is 26.3 Å². The molecule has 0 fully saturated rings. The highest BCUT2D eigenvalue weighted by Gasteiger charge is 2.19. The van der Waals surface area contributed by atoms with Gasteiger partial charge in [-0.3, -0.25) is 4.79 Å². The average molecular weight is 273 g/mol. The molecule has 3 heteroatoms. The Bertz CT molecular complexity index is 649. The lowest BCUT2D eigenvalue weighted by Crippen LogP contribution is -2.05. The van der Waals surface area contributed by atoms with E-state index in [-0.39, 0.29) is 6.10 Å². The van der Waals surface area contributed by atoms with E-state index < -0.39 is 0 Å². The van der Waals surface area contributed by atoms with Gasteiger partial charge in [-0.05, 0) is 47.9 Å². The SMILES string of the molecule is CC1Cc2cc(-c3ccc(Cl)c(C=O)c3)ccc2O1. The smallest absolute Gasteiger partial charge is 0.151 e. The Morgan fingerprint density at radius 2 is 1.95 bits per heavy atom. The van der Waals surface area contributed by atoms with Crippen LogP contribution in [0.2, 0.25) is 5.02 Å². The molecule has 0 bridgehead atoms. The number of benzene rings is 2. The molecule has 0 radical (unpaired) electrons. The van der Waals surface area contributed by atoms with Gasteiger partial charge in [0.1, 0.15) is 11.9 Å². The van der Waals surface area contributed by atoms with Crippen LogP contribution in [0.25, 0.3) is 11.1 Å². The maximum atomic E-state index is 10.9. The fourth-order valence-corrected chi connectivity index (χ4v) is 2.58. The molecule has 1 aliphatic heterocycles. The van der Waals surface area contributed by atoms with E-state index in [0.717, 1.165) is 29.6 Å². The second kappa shape index (κ2) is 4.71. The molecule has 1 unspecified atom stereocenters. The zero-order valence-corrected chi connectivity index (χ0v) is 11.3. The van der Waals surface area contributed by atoms with E-state index >= 15 is 0 Å². The molecule has 2 aromatic carbocycles. The highest BCUT2D eigenvalue weighted by Crippen LogP contribution is 2.33. The molecule has 1 atom stereocenters. The second-order valence-corrected chi connectivity index (χ2v) is 5.22. The van der Waals surface area contributed by atoms with Gasteiger partial charge in [-0.25, -0.2) is 0 Å². The predicted octanol–water partition coefficient (Wildman–Crippen LogP) is 4.14. The van der Waals surface area contributed by atoms with Crippen molar-refractivity contribution in [1.29, 1.82) is 0 Å². The third-order valence-corrected chi connectivity index (χ3v) is 3.70. The van der Waals surface area contributed by atoms with Crippen molar-refractivity contribution >= 4 is 17.9 Å². The van der Waals surface area contributed by atoms with E-state index in [1.54, 1.807) is 6.07 Å². The Hall–Kier alpha value is -1.80. The van der Waals surface area contributed by atoms with Crippen molar-refractivity contribution in [3.05, 3.63) is 52.5 Å². The van der Waals surface area contributed by atoms with Gasteiger partial charge in [0.25, 0.3) is 0 Å². The molecule has 3 rings (SSSR count). The van der Waals surface area contributed by atoms with Crippen molar-refractivity contribution < 1.29 is 9.53 Å². The van der Waals surface area contributed by atoms with E-state index in [2.05, 4.69) is 13.0 Å². The molecular formula is C16H13ClO2. The van der Waals surface area contributed by atoms with Gasteiger partial charge in [-0.1, -0.05) is 23.7 Å². The predicted molar refractivity (Wildman–Crippen MR) is 76.1 cm³/mol. The largest absolute Gasteiger partial charge is 0.490 e. The van der Waals surface area contributed by atoms with Crippen molar-refractivity contribution in [2.24, 2.45) is 0 Å². The average Bonchev–Trinajstić information content (AvgIpc) is 2.78. The molecule has 1 aliphatic rings. The molecule has 0 saturated carbocycles. The molecule has 0 aliphatic carbocycles. The van der Waals surface area contributed by atoms with Crippen molar-refractivity contribution in [1.82, 2.24) is 0 Å². The molecule has 2 aromatic rings. The number of carbonyl (C=O) groups is 1. The summed E-state index contributed by atoms with van der Waals surface area (Å²) in [5.41, 5.74) is 3.81. The number of fused-ring (bicyclic) bond motifs is 1. The maximum absolute atomic E-state index is 10.9. The van der Waals surface area contributed by atoms with Crippen LogP contribution < -0.4 is 4.74 Å². The fraction of sp³-hybridized carbons (Fsp3) is 0.188. The standard InChI is InChI=1S/C16H13ClO2/c1-10-6-13-7-12(3-5-16(13)19-10)11-2-4-15(17)14(8-11)9-18/h2-5,7-10H,6H2,1H3. The van der Waals surface area contributed by atoms with Crippen LogP contribution in [0.5, 0.6) is 5.75 Å². The Labute approximate surface area is 117 Å². The number of aldehydes is 1. The third-order valence-electron chi connectivity index (χ3n) is 3.35. The van der Waals surface area contributed by atoms with Crippen LogP contribution in [-0.2, 0) is 6.42 Å². The highest BCUT2D eigenvalue weighted by molar-refractivity contribution is 6.33. The molecule has 96 valence electrons. The summed E-state index contributed by atoms with van der Waals surface area (Å²) in [6.07, 6.45) is 1.95. The normalized spacial score (nSPS) is 16.8. The molecular weight excluding hydrogens is 260 g/mol. The molecule has 19 heavy (non-hydrogen) atoms. The van der Waals surface area contributed by atoms with Gasteiger partial charge in [-0.15, -0.1) is 0 Å². The summed E-state index contributed by atoms with van der Waals surface area (Å²) < 4.78 is 5.68. The molecule has 0 spiro atoms. The van der Waals surface area contributed by atoms with Gasteiger partial charge in [0.05, 0.1) is 5.02 Å². The van der Waals surface area contributed by atoms with Crippen LogP contribution >= 0.6 is 11.6 Å². The van der Waals surface area contributed by atoms with Crippen LogP contribution in [0.15, 0.2) is 36.4 Å². The van der Waals surface area contributed by atoms with Gasteiger partial charge >= 0.3 is 0 Å². The quantitative estimate of drug-likeness (QED) is 0.768. The number of ether oxygens (including phenoxy) is 1. The first-order chi connectivity index (χ1) is 9.17.